The van der Waals surface area contributed by atoms with Crippen LogP contribution in [-0.2, 0) is 4.79 Å². The van der Waals surface area contributed by atoms with E-state index in [9.17, 15) is 4.79 Å². The van der Waals surface area contributed by atoms with E-state index >= 15 is 0 Å². The van der Waals surface area contributed by atoms with E-state index in [0.29, 0.717) is 10.1 Å². The molecule has 28 heavy (non-hydrogen) atoms. The number of aliphatic imine (C=N–C) groups is 1. The van der Waals surface area contributed by atoms with E-state index < -0.39 is 0 Å². The number of benzene rings is 2. The van der Waals surface area contributed by atoms with Gasteiger partial charge in [-0.25, -0.2) is 4.99 Å². The predicted molar refractivity (Wildman–Crippen MR) is 117 cm³/mol. The van der Waals surface area contributed by atoms with Crippen molar-refractivity contribution in [2.45, 2.75) is 13.8 Å². The molecule has 0 radical (unpaired) electrons. The minimum absolute atomic E-state index is 0.0239. The summed E-state index contributed by atoms with van der Waals surface area (Å²) in [6.45, 7) is 4.17. The zero-order chi connectivity index (χ0) is 19.7. The summed E-state index contributed by atoms with van der Waals surface area (Å²) in [5, 5.41) is 0.694. The number of nitrogens with zero attached hydrogens (tertiary/aromatic N) is 3. The van der Waals surface area contributed by atoms with Gasteiger partial charge < -0.3 is 4.57 Å². The van der Waals surface area contributed by atoms with Gasteiger partial charge in [0.2, 0.25) is 0 Å². The highest BCUT2D eigenvalue weighted by molar-refractivity contribution is 8.18. The van der Waals surface area contributed by atoms with Crippen molar-refractivity contribution in [3.8, 4) is 5.69 Å². The Morgan fingerprint density at radius 3 is 2.29 bits per heavy atom. The molecule has 0 unspecified atom stereocenters. The lowest BCUT2D eigenvalue weighted by Crippen LogP contribution is -2.23. The summed E-state index contributed by atoms with van der Waals surface area (Å²) in [7, 11) is 1.77. The van der Waals surface area contributed by atoms with Crippen LogP contribution in [0.15, 0.2) is 76.6 Å². The molecule has 0 N–H and O–H groups in total. The summed E-state index contributed by atoms with van der Waals surface area (Å²) < 4.78 is 2.21. The van der Waals surface area contributed by atoms with Crippen LogP contribution in [0.5, 0.6) is 0 Å². The first-order valence-corrected chi connectivity index (χ1v) is 9.92. The zero-order valence-electron chi connectivity index (χ0n) is 16.1. The Kier molecular flexibility index (Phi) is 4.92. The van der Waals surface area contributed by atoms with Crippen LogP contribution in [0, 0.1) is 13.8 Å². The first-order valence-electron chi connectivity index (χ1n) is 9.10. The number of carbonyl (C=O) groups is 1. The molecule has 2 heterocycles. The average Bonchev–Trinajstić information content (AvgIpc) is 3.13. The summed E-state index contributed by atoms with van der Waals surface area (Å²) in [5.74, 6) is -0.0239. The molecular weight excluding hydrogens is 366 g/mol. The van der Waals surface area contributed by atoms with Crippen LogP contribution in [0.4, 0.5) is 5.69 Å². The van der Waals surface area contributed by atoms with E-state index in [1.165, 1.54) is 11.8 Å². The number of aryl methyl sites for hydroxylation is 1. The molecule has 4 rings (SSSR count). The molecular formula is C23H21N3OS. The third-order valence-corrected chi connectivity index (χ3v) is 5.82. The molecule has 3 aromatic rings. The number of hydrogen-bond acceptors (Lipinski definition) is 3. The molecule has 1 aromatic heterocycles. The van der Waals surface area contributed by atoms with Crippen LogP contribution in [-0.4, -0.2) is 27.6 Å². The lowest BCUT2D eigenvalue weighted by molar-refractivity contribution is -0.121. The summed E-state index contributed by atoms with van der Waals surface area (Å²) in [4.78, 5) is 19.6. The van der Waals surface area contributed by atoms with Crippen molar-refractivity contribution < 1.29 is 4.79 Å². The van der Waals surface area contributed by atoms with Crippen molar-refractivity contribution in [2.24, 2.45) is 4.99 Å². The summed E-state index contributed by atoms with van der Waals surface area (Å²) in [6, 6.07) is 22.1. The number of thioether (sulfide) groups is 1. The third-order valence-electron chi connectivity index (χ3n) is 4.76. The molecule has 0 atom stereocenters. The maximum Gasteiger partial charge on any atom is 0.266 e. The second kappa shape index (κ2) is 7.52. The Labute approximate surface area is 169 Å². The fraction of sp³-hybridized carbons (Fsp3) is 0.130. The number of amidine groups is 1. The van der Waals surface area contributed by atoms with Crippen molar-refractivity contribution in [2.75, 3.05) is 7.05 Å². The van der Waals surface area contributed by atoms with Crippen LogP contribution in [0.1, 0.15) is 17.0 Å². The number of carbonyl (C=O) groups excluding carboxylic acids is 1. The number of para-hydroxylation sites is 2. The van der Waals surface area contributed by atoms with E-state index in [0.717, 1.165) is 28.3 Å². The monoisotopic (exact) mass is 387 g/mol. The van der Waals surface area contributed by atoms with Crippen molar-refractivity contribution in [3.63, 3.8) is 0 Å². The number of hydrogen-bond donors (Lipinski definition) is 0. The highest BCUT2D eigenvalue weighted by Gasteiger charge is 2.30. The first-order chi connectivity index (χ1) is 13.5. The lowest BCUT2D eigenvalue weighted by Gasteiger charge is -2.09. The van der Waals surface area contributed by atoms with Crippen LogP contribution < -0.4 is 0 Å². The maximum atomic E-state index is 12.7. The number of amides is 1. The summed E-state index contributed by atoms with van der Waals surface area (Å²) >= 11 is 1.41. The van der Waals surface area contributed by atoms with Crippen molar-refractivity contribution in [3.05, 3.63) is 88.6 Å². The Balaban J connectivity index is 1.69. The fourth-order valence-corrected chi connectivity index (χ4v) is 4.29. The van der Waals surface area contributed by atoms with Gasteiger partial charge in [-0.05, 0) is 67.6 Å². The van der Waals surface area contributed by atoms with Gasteiger partial charge in [0.05, 0.1) is 10.6 Å². The Morgan fingerprint density at radius 2 is 1.61 bits per heavy atom. The van der Waals surface area contributed by atoms with Gasteiger partial charge >= 0.3 is 0 Å². The SMILES string of the molecule is Cc1cc(/C=C2\SC(=Nc3ccccc3)N(C)C2=O)c(C)n1-c1ccccc1. The number of likely N-dealkylation sites (N-methyl/N-ethyl adjacent to an activating group) is 1. The van der Waals surface area contributed by atoms with Gasteiger partial charge in [0.15, 0.2) is 5.17 Å². The number of rotatable bonds is 3. The highest BCUT2D eigenvalue weighted by atomic mass is 32.2. The second-order valence-electron chi connectivity index (χ2n) is 6.70. The van der Waals surface area contributed by atoms with Crippen molar-refractivity contribution in [1.29, 1.82) is 0 Å². The molecule has 2 aromatic carbocycles. The summed E-state index contributed by atoms with van der Waals surface area (Å²) in [5.41, 5.74) is 5.26. The van der Waals surface area contributed by atoms with E-state index in [1.54, 1.807) is 11.9 Å². The van der Waals surface area contributed by atoms with Gasteiger partial charge in [-0.1, -0.05) is 36.4 Å². The van der Waals surface area contributed by atoms with E-state index in [4.69, 9.17) is 0 Å². The molecule has 4 nitrogen and oxygen atoms in total. The molecule has 1 amide bonds. The van der Waals surface area contributed by atoms with Crippen molar-refractivity contribution in [1.82, 2.24) is 9.47 Å². The van der Waals surface area contributed by atoms with Crippen LogP contribution in [0.25, 0.3) is 11.8 Å². The first kappa shape index (κ1) is 18.3. The smallest absolute Gasteiger partial charge is 0.266 e. The third kappa shape index (κ3) is 3.41. The van der Waals surface area contributed by atoms with Gasteiger partial charge in [-0.3, -0.25) is 9.69 Å². The van der Waals surface area contributed by atoms with Crippen LogP contribution in [0.2, 0.25) is 0 Å². The molecule has 5 heteroatoms. The average molecular weight is 388 g/mol. The maximum absolute atomic E-state index is 12.7. The fourth-order valence-electron chi connectivity index (χ4n) is 3.31. The number of aromatic nitrogens is 1. The van der Waals surface area contributed by atoms with Gasteiger partial charge in [0.1, 0.15) is 0 Å². The van der Waals surface area contributed by atoms with Gasteiger partial charge in [-0.2, -0.15) is 0 Å². The van der Waals surface area contributed by atoms with E-state index in [1.807, 2.05) is 54.6 Å². The van der Waals surface area contributed by atoms with E-state index in [2.05, 4.69) is 41.6 Å². The molecule has 0 saturated carbocycles. The molecule has 1 saturated heterocycles. The topological polar surface area (TPSA) is 37.6 Å². The van der Waals surface area contributed by atoms with Crippen LogP contribution in [0.3, 0.4) is 0 Å². The van der Waals surface area contributed by atoms with Gasteiger partial charge in [0, 0.05) is 24.1 Å². The molecule has 1 aliphatic heterocycles. The molecule has 0 spiro atoms. The highest BCUT2D eigenvalue weighted by Crippen LogP contribution is 2.34. The normalized spacial score (nSPS) is 17.1. The Hall–Kier alpha value is -3.05. The standard InChI is InChI=1S/C23H21N3OS/c1-16-14-18(17(2)26(16)20-12-8-5-9-13-20)15-21-22(27)25(3)23(28-21)24-19-10-6-4-7-11-19/h4-15H,1-3H3/b21-15-,24-23?. The predicted octanol–water partition coefficient (Wildman–Crippen LogP) is 5.33. The van der Waals surface area contributed by atoms with Crippen LogP contribution >= 0.6 is 11.8 Å². The largest absolute Gasteiger partial charge is 0.318 e. The molecule has 0 bridgehead atoms. The minimum Gasteiger partial charge on any atom is -0.318 e. The van der Waals surface area contributed by atoms with E-state index in [-0.39, 0.29) is 5.91 Å². The van der Waals surface area contributed by atoms with Crippen molar-refractivity contribution >= 4 is 34.6 Å². The Morgan fingerprint density at radius 1 is 0.964 bits per heavy atom. The molecule has 0 aliphatic carbocycles. The quantitative estimate of drug-likeness (QED) is 0.570. The minimum atomic E-state index is -0.0239. The molecule has 1 fully saturated rings. The van der Waals surface area contributed by atoms with Gasteiger partial charge in [-0.15, -0.1) is 0 Å². The zero-order valence-corrected chi connectivity index (χ0v) is 16.9. The lowest BCUT2D eigenvalue weighted by atomic mass is 10.2. The summed E-state index contributed by atoms with van der Waals surface area (Å²) in [6.07, 6.45) is 1.97. The van der Waals surface area contributed by atoms with Gasteiger partial charge in [0.25, 0.3) is 5.91 Å². The second-order valence-corrected chi connectivity index (χ2v) is 7.71. The Bertz CT molecular complexity index is 1080. The molecule has 1 aliphatic rings. The molecule has 140 valence electrons.